The fourth-order valence-corrected chi connectivity index (χ4v) is 1.90. The summed E-state index contributed by atoms with van der Waals surface area (Å²) in [5, 5.41) is 23.1. The van der Waals surface area contributed by atoms with Crippen molar-refractivity contribution in [3.8, 4) is 5.75 Å². The number of nitrogens with zero attached hydrogens (tertiary/aromatic N) is 3. The number of ether oxygens (including phenoxy) is 1. The van der Waals surface area contributed by atoms with Crippen LogP contribution in [0.5, 0.6) is 5.75 Å². The Balaban J connectivity index is 2.28. The molecule has 0 unspecified atom stereocenters. The third kappa shape index (κ3) is 3.69. The number of hydrogen-bond acceptors (Lipinski definition) is 5. The monoisotopic (exact) mass is 303 g/mol. The van der Waals surface area contributed by atoms with Gasteiger partial charge in [0, 0.05) is 11.6 Å². The molecule has 2 aromatic rings. The van der Waals surface area contributed by atoms with Crippen LogP contribution in [0.1, 0.15) is 11.1 Å². The van der Waals surface area contributed by atoms with E-state index >= 15 is 0 Å². The highest BCUT2D eigenvalue weighted by Crippen LogP contribution is 2.22. The van der Waals surface area contributed by atoms with Gasteiger partial charge < -0.3 is 20.0 Å². The quantitative estimate of drug-likeness (QED) is 0.496. The van der Waals surface area contributed by atoms with Gasteiger partial charge in [-0.2, -0.15) is 4.68 Å². The van der Waals surface area contributed by atoms with Gasteiger partial charge >= 0.3 is 11.8 Å². The summed E-state index contributed by atoms with van der Waals surface area (Å²) in [5.74, 6) is -0.688. The number of benzene rings is 1. The summed E-state index contributed by atoms with van der Waals surface area (Å²) in [4.78, 5) is 20.6. The topological polar surface area (TPSA) is 107 Å². The van der Waals surface area contributed by atoms with Crippen LogP contribution in [-0.2, 0) is 11.3 Å². The number of carboxylic acids is 1. The Morgan fingerprint density at radius 3 is 2.86 bits per heavy atom. The molecule has 0 spiro atoms. The summed E-state index contributed by atoms with van der Waals surface area (Å²) in [7, 11) is 1.51. The highest BCUT2D eigenvalue weighted by molar-refractivity contribution is 5.85. The first-order valence-electron chi connectivity index (χ1n) is 6.25. The molecule has 8 heteroatoms. The van der Waals surface area contributed by atoms with Crippen molar-refractivity contribution < 1.29 is 19.6 Å². The first kappa shape index (κ1) is 15.2. The Morgan fingerprint density at radius 1 is 1.50 bits per heavy atom. The van der Waals surface area contributed by atoms with Gasteiger partial charge in [0.1, 0.15) is 5.75 Å². The predicted octanol–water partition coefficient (Wildman–Crippen LogP) is 1.95. The molecule has 0 amide bonds. The van der Waals surface area contributed by atoms with E-state index in [0.29, 0.717) is 11.3 Å². The molecular formula is C14H13N3O5. The number of aromatic nitrogens is 2. The van der Waals surface area contributed by atoms with Crippen LogP contribution in [0, 0.1) is 10.1 Å². The van der Waals surface area contributed by atoms with Crippen LogP contribution in [0.15, 0.2) is 36.5 Å². The molecule has 22 heavy (non-hydrogen) atoms. The number of methoxy groups -OCH3 is 1. The van der Waals surface area contributed by atoms with Crippen molar-refractivity contribution in [2.45, 2.75) is 6.54 Å². The maximum Gasteiger partial charge on any atom is 0.389 e. The predicted molar refractivity (Wildman–Crippen MR) is 77.6 cm³/mol. The second-order valence-electron chi connectivity index (χ2n) is 4.37. The van der Waals surface area contributed by atoms with Gasteiger partial charge in [0.05, 0.1) is 31.0 Å². The van der Waals surface area contributed by atoms with Crippen LogP contribution in [0.3, 0.4) is 0 Å². The van der Waals surface area contributed by atoms with Gasteiger partial charge in [-0.15, -0.1) is 0 Å². The van der Waals surface area contributed by atoms with Crippen LogP contribution in [0.4, 0.5) is 5.82 Å². The molecule has 0 aliphatic heterocycles. The van der Waals surface area contributed by atoms with Gasteiger partial charge in [0.2, 0.25) is 0 Å². The van der Waals surface area contributed by atoms with Crippen molar-refractivity contribution in [1.82, 2.24) is 9.78 Å². The van der Waals surface area contributed by atoms with E-state index < -0.39 is 10.9 Å². The molecule has 0 bridgehead atoms. The van der Waals surface area contributed by atoms with E-state index in [1.807, 2.05) is 0 Å². The SMILES string of the molecule is COc1ccc(/C=C\C(=O)O)cc1Cn1ccc([N+](=O)[O-])n1. The molecule has 1 aromatic carbocycles. The average Bonchev–Trinajstić information content (AvgIpc) is 2.94. The standard InChI is InChI=1S/C14H13N3O5/c1-22-12-4-2-10(3-5-14(18)19)8-11(12)9-16-7-6-13(15-16)17(20)21/h2-8H,9H2,1H3,(H,18,19)/b5-3-. The lowest BCUT2D eigenvalue weighted by Gasteiger charge is -2.08. The molecule has 0 aliphatic carbocycles. The fourth-order valence-electron chi connectivity index (χ4n) is 1.90. The molecule has 1 N–H and O–H groups in total. The molecule has 0 aliphatic rings. The lowest BCUT2D eigenvalue weighted by atomic mass is 10.1. The Hall–Kier alpha value is -3.16. The number of hydrogen-bond donors (Lipinski definition) is 1. The van der Waals surface area contributed by atoms with Gasteiger partial charge in [-0.1, -0.05) is 6.07 Å². The van der Waals surface area contributed by atoms with E-state index in [2.05, 4.69) is 5.10 Å². The molecule has 114 valence electrons. The van der Waals surface area contributed by atoms with Gasteiger partial charge in [-0.3, -0.25) is 0 Å². The lowest BCUT2D eigenvalue weighted by molar-refractivity contribution is -0.389. The zero-order valence-electron chi connectivity index (χ0n) is 11.7. The maximum absolute atomic E-state index is 10.6. The Morgan fingerprint density at radius 2 is 2.27 bits per heavy atom. The number of carbonyl (C=O) groups is 1. The van der Waals surface area contributed by atoms with E-state index in [0.717, 1.165) is 11.6 Å². The van der Waals surface area contributed by atoms with E-state index in [-0.39, 0.29) is 12.4 Å². The third-order valence-corrected chi connectivity index (χ3v) is 2.87. The third-order valence-electron chi connectivity index (χ3n) is 2.87. The molecule has 0 fully saturated rings. The summed E-state index contributed by atoms with van der Waals surface area (Å²) in [6, 6.07) is 6.47. The molecule has 0 saturated heterocycles. The molecule has 2 rings (SSSR count). The van der Waals surface area contributed by atoms with E-state index in [1.165, 1.54) is 30.1 Å². The second kappa shape index (κ2) is 6.53. The zero-order chi connectivity index (χ0) is 16.1. The highest BCUT2D eigenvalue weighted by atomic mass is 16.6. The molecule has 8 nitrogen and oxygen atoms in total. The maximum atomic E-state index is 10.6. The lowest BCUT2D eigenvalue weighted by Crippen LogP contribution is -2.03. The minimum atomic E-state index is -1.04. The Bertz CT molecular complexity index is 736. The molecule has 0 atom stereocenters. The summed E-state index contributed by atoms with van der Waals surface area (Å²) in [5.41, 5.74) is 1.41. The minimum Gasteiger partial charge on any atom is -0.496 e. The van der Waals surface area contributed by atoms with Gasteiger partial charge in [-0.25, -0.2) is 4.79 Å². The minimum absolute atomic E-state index is 0.235. The summed E-state index contributed by atoms with van der Waals surface area (Å²) in [6.45, 7) is 0.270. The van der Waals surface area contributed by atoms with Crippen molar-refractivity contribution >= 4 is 17.9 Å². The normalized spacial score (nSPS) is 10.8. The molecule has 0 radical (unpaired) electrons. The van der Waals surface area contributed by atoms with Gasteiger partial charge in [0.15, 0.2) is 0 Å². The summed E-state index contributed by atoms with van der Waals surface area (Å²) >= 11 is 0. The van der Waals surface area contributed by atoms with Crippen molar-refractivity contribution in [1.29, 1.82) is 0 Å². The highest BCUT2D eigenvalue weighted by Gasteiger charge is 2.13. The summed E-state index contributed by atoms with van der Waals surface area (Å²) < 4.78 is 6.65. The molecular weight excluding hydrogens is 290 g/mol. The first-order valence-corrected chi connectivity index (χ1v) is 6.25. The van der Waals surface area contributed by atoms with Crippen LogP contribution >= 0.6 is 0 Å². The number of carboxylic acid groups (broad SMARTS) is 1. The van der Waals surface area contributed by atoms with E-state index in [9.17, 15) is 14.9 Å². The van der Waals surface area contributed by atoms with Crippen molar-refractivity contribution in [3.63, 3.8) is 0 Å². The molecule has 0 saturated carbocycles. The van der Waals surface area contributed by atoms with E-state index in [1.54, 1.807) is 18.2 Å². The van der Waals surface area contributed by atoms with Crippen molar-refractivity contribution in [2.75, 3.05) is 7.11 Å². The van der Waals surface area contributed by atoms with Crippen LogP contribution in [0.2, 0.25) is 0 Å². The van der Waals surface area contributed by atoms with Crippen LogP contribution in [0.25, 0.3) is 6.08 Å². The van der Waals surface area contributed by atoms with Crippen LogP contribution < -0.4 is 4.74 Å². The van der Waals surface area contributed by atoms with Crippen molar-refractivity contribution in [3.05, 3.63) is 57.8 Å². The second-order valence-corrected chi connectivity index (χ2v) is 4.37. The van der Waals surface area contributed by atoms with Crippen molar-refractivity contribution in [2.24, 2.45) is 0 Å². The average molecular weight is 303 g/mol. The Kier molecular flexibility index (Phi) is 4.52. The van der Waals surface area contributed by atoms with E-state index in [4.69, 9.17) is 9.84 Å². The fraction of sp³-hybridized carbons (Fsp3) is 0.143. The van der Waals surface area contributed by atoms with Gasteiger partial charge in [0.25, 0.3) is 0 Å². The first-order chi connectivity index (χ1) is 10.5. The largest absolute Gasteiger partial charge is 0.496 e. The Labute approximate surface area is 125 Å². The summed E-state index contributed by atoms with van der Waals surface area (Å²) in [6.07, 6.45) is 3.98. The molecule has 1 heterocycles. The number of aliphatic carboxylic acids is 1. The number of rotatable bonds is 6. The van der Waals surface area contributed by atoms with Crippen LogP contribution in [-0.4, -0.2) is 32.9 Å². The molecule has 1 aromatic heterocycles. The number of nitro groups is 1. The van der Waals surface area contributed by atoms with Gasteiger partial charge in [-0.05, 0) is 28.7 Å². The smallest absolute Gasteiger partial charge is 0.389 e. The zero-order valence-corrected chi connectivity index (χ0v) is 11.7.